The predicted octanol–water partition coefficient (Wildman–Crippen LogP) is 1.11. The minimum atomic E-state index is 0.191. The van der Waals surface area contributed by atoms with Crippen LogP contribution in [0.1, 0.15) is 24.9 Å². The van der Waals surface area contributed by atoms with Crippen molar-refractivity contribution in [1.29, 1.82) is 0 Å². The van der Waals surface area contributed by atoms with Crippen LogP contribution in [0.4, 0.5) is 0 Å². The molecule has 2 unspecified atom stereocenters. The van der Waals surface area contributed by atoms with Crippen molar-refractivity contribution >= 4 is 0 Å². The summed E-state index contributed by atoms with van der Waals surface area (Å²) in [4.78, 5) is 8.99. The third-order valence-electron chi connectivity index (χ3n) is 3.86. The molecule has 2 N–H and O–H groups in total. The Morgan fingerprint density at radius 2 is 1.83 bits per heavy atom. The Morgan fingerprint density at radius 3 is 2.39 bits per heavy atom. The summed E-state index contributed by atoms with van der Waals surface area (Å²) in [5.41, 5.74) is 7.63. The molecule has 4 heteroatoms. The lowest BCUT2D eigenvalue weighted by molar-refractivity contribution is 0.0968. The Morgan fingerprint density at radius 1 is 1.22 bits per heavy atom. The number of likely N-dealkylation sites (N-methyl/N-ethyl adjacent to an activating group) is 1. The molecule has 100 valence electrons. The molecule has 1 saturated heterocycles. The van der Waals surface area contributed by atoms with E-state index >= 15 is 0 Å². The van der Waals surface area contributed by atoms with Gasteiger partial charge in [0.05, 0.1) is 6.04 Å². The number of rotatable bonds is 4. The average molecular weight is 248 g/mol. The van der Waals surface area contributed by atoms with Gasteiger partial charge in [-0.15, -0.1) is 0 Å². The maximum atomic E-state index is 6.34. The fraction of sp³-hybridized carbons (Fsp3) is 0.643. The van der Waals surface area contributed by atoms with E-state index in [1.54, 1.807) is 0 Å². The normalized spacial score (nSPS) is 21.7. The largest absolute Gasteiger partial charge is 0.326 e. The maximum Gasteiger partial charge on any atom is 0.0501 e. The molecule has 1 fully saturated rings. The molecule has 0 aliphatic carbocycles. The summed E-state index contributed by atoms with van der Waals surface area (Å²) in [5.74, 6) is 0. The van der Waals surface area contributed by atoms with Crippen molar-refractivity contribution in [2.75, 3.05) is 33.2 Å². The SMILES string of the molecule is CCC(N)C(c1ccncc1)N1CCN(C)CC1. The van der Waals surface area contributed by atoms with Gasteiger partial charge in [0.25, 0.3) is 0 Å². The second-order valence-electron chi connectivity index (χ2n) is 5.14. The highest BCUT2D eigenvalue weighted by atomic mass is 15.3. The van der Waals surface area contributed by atoms with E-state index in [0.29, 0.717) is 6.04 Å². The summed E-state index contributed by atoms with van der Waals surface area (Å²) >= 11 is 0. The summed E-state index contributed by atoms with van der Waals surface area (Å²) in [6.07, 6.45) is 4.72. The van der Waals surface area contributed by atoms with Gasteiger partial charge in [-0.25, -0.2) is 0 Å². The molecule has 18 heavy (non-hydrogen) atoms. The van der Waals surface area contributed by atoms with E-state index in [4.69, 9.17) is 5.73 Å². The first kappa shape index (κ1) is 13.5. The van der Waals surface area contributed by atoms with Gasteiger partial charge in [0, 0.05) is 44.6 Å². The predicted molar refractivity (Wildman–Crippen MR) is 74.3 cm³/mol. The van der Waals surface area contributed by atoms with Crippen LogP contribution < -0.4 is 5.73 Å². The molecule has 0 aromatic carbocycles. The maximum absolute atomic E-state index is 6.34. The molecule has 0 radical (unpaired) electrons. The highest BCUT2D eigenvalue weighted by molar-refractivity contribution is 5.17. The van der Waals surface area contributed by atoms with E-state index in [0.717, 1.165) is 32.6 Å². The number of piperazine rings is 1. The molecule has 0 bridgehead atoms. The van der Waals surface area contributed by atoms with Crippen LogP contribution in [0.15, 0.2) is 24.5 Å². The van der Waals surface area contributed by atoms with Crippen molar-refractivity contribution in [2.24, 2.45) is 5.73 Å². The molecule has 4 nitrogen and oxygen atoms in total. The zero-order valence-electron chi connectivity index (χ0n) is 11.4. The summed E-state index contributed by atoms with van der Waals surface area (Å²) in [6.45, 7) is 6.60. The number of hydrogen-bond acceptors (Lipinski definition) is 4. The zero-order valence-corrected chi connectivity index (χ0v) is 11.4. The number of hydrogen-bond donors (Lipinski definition) is 1. The van der Waals surface area contributed by atoms with E-state index in [1.807, 2.05) is 12.4 Å². The molecular weight excluding hydrogens is 224 g/mol. The van der Waals surface area contributed by atoms with Crippen LogP contribution in [-0.4, -0.2) is 54.1 Å². The minimum Gasteiger partial charge on any atom is -0.326 e. The molecule has 2 atom stereocenters. The zero-order chi connectivity index (χ0) is 13.0. The monoisotopic (exact) mass is 248 g/mol. The Kier molecular flexibility index (Phi) is 4.69. The van der Waals surface area contributed by atoms with Crippen molar-refractivity contribution in [3.63, 3.8) is 0 Å². The van der Waals surface area contributed by atoms with Crippen molar-refractivity contribution in [3.05, 3.63) is 30.1 Å². The second kappa shape index (κ2) is 6.27. The Labute approximate surface area is 110 Å². The van der Waals surface area contributed by atoms with Crippen LogP contribution in [0.2, 0.25) is 0 Å². The van der Waals surface area contributed by atoms with E-state index in [-0.39, 0.29) is 6.04 Å². The van der Waals surface area contributed by atoms with Crippen LogP contribution >= 0.6 is 0 Å². The van der Waals surface area contributed by atoms with Crippen LogP contribution in [0.25, 0.3) is 0 Å². The first-order chi connectivity index (χ1) is 8.72. The van der Waals surface area contributed by atoms with Crippen molar-refractivity contribution in [3.8, 4) is 0 Å². The Bertz CT molecular complexity index is 346. The van der Waals surface area contributed by atoms with Crippen molar-refractivity contribution in [1.82, 2.24) is 14.8 Å². The Balaban J connectivity index is 2.15. The summed E-state index contributed by atoms with van der Waals surface area (Å²) in [5, 5.41) is 0. The molecule has 0 amide bonds. The van der Waals surface area contributed by atoms with Gasteiger partial charge >= 0.3 is 0 Å². The van der Waals surface area contributed by atoms with Crippen molar-refractivity contribution < 1.29 is 0 Å². The van der Waals surface area contributed by atoms with Gasteiger partial charge in [0.1, 0.15) is 0 Å². The smallest absolute Gasteiger partial charge is 0.0501 e. The van der Waals surface area contributed by atoms with Gasteiger partial charge in [-0.05, 0) is 31.2 Å². The van der Waals surface area contributed by atoms with E-state index in [2.05, 4.69) is 40.9 Å². The molecular formula is C14H24N4. The second-order valence-corrected chi connectivity index (χ2v) is 5.14. The molecule has 0 spiro atoms. The van der Waals surface area contributed by atoms with Gasteiger partial charge < -0.3 is 10.6 Å². The molecule has 1 aromatic rings. The first-order valence-electron chi connectivity index (χ1n) is 6.80. The van der Waals surface area contributed by atoms with Crippen LogP contribution in [0, 0.1) is 0 Å². The van der Waals surface area contributed by atoms with E-state index in [9.17, 15) is 0 Å². The number of pyridine rings is 1. The molecule has 0 saturated carbocycles. The van der Waals surface area contributed by atoms with E-state index < -0.39 is 0 Å². The van der Waals surface area contributed by atoms with Gasteiger partial charge in [-0.2, -0.15) is 0 Å². The number of nitrogens with zero attached hydrogens (tertiary/aromatic N) is 3. The molecule has 1 aliphatic heterocycles. The topological polar surface area (TPSA) is 45.4 Å². The average Bonchev–Trinajstić information content (AvgIpc) is 2.42. The van der Waals surface area contributed by atoms with Crippen LogP contribution in [0.5, 0.6) is 0 Å². The fourth-order valence-corrected chi connectivity index (χ4v) is 2.61. The van der Waals surface area contributed by atoms with Gasteiger partial charge in [-0.3, -0.25) is 9.88 Å². The molecule has 2 heterocycles. The van der Waals surface area contributed by atoms with Gasteiger partial charge in [-0.1, -0.05) is 6.92 Å². The van der Waals surface area contributed by atoms with Gasteiger partial charge in [0.15, 0.2) is 0 Å². The minimum absolute atomic E-state index is 0.191. The molecule has 1 aliphatic rings. The number of nitrogens with two attached hydrogens (primary N) is 1. The standard InChI is InChI=1S/C14H24N4/c1-3-13(15)14(12-4-6-16-7-5-12)18-10-8-17(2)9-11-18/h4-7,13-14H,3,8-11,15H2,1-2H3. The van der Waals surface area contributed by atoms with Crippen molar-refractivity contribution in [2.45, 2.75) is 25.4 Å². The summed E-state index contributed by atoms with van der Waals surface area (Å²) in [7, 11) is 2.18. The lowest BCUT2D eigenvalue weighted by Gasteiger charge is -2.40. The first-order valence-corrected chi connectivity index (χ1v) is 6.80. The van der Waals surface area contributed by atoms with Gasteiger partial charge in [0.2, 0.25) is 0 Å². The lowest BCUT2D eigenvalue weighted by atomic mass is 9.96. The van der Waals surface area contributed by atoms with E-state index in [1.165, 1.54) is 5.56 Å². The summed E-state index contributed by atoms with van der Waals surface area (Å²) < 4.78 is 0. The Hall–Kier alpha value is -0.970. The van der Waals surface area contributed by atoms with Crippen LogP contribution in [-0.2, 0) is 0 Å². The third kappa shape index (κ3) is 3.07. The fourth-order valence-electron chi connectivity index (χ4n) is 2.61. The lowest BCUT2D eigenvalue weighted by Crippen LogP contribution is -2.50. The molecule has 1 aromatic heterocycles. The highest BCUT2D eigenvalue weighted by Gasteiger charge is 2.27. The highest BCUT2D eigenvalue weighted by Crippen LogP contribution is 2.25. The van der Waals surface area contributed by atoms with Crippen LogP contribution in [0.3, 0.4) is 0 Å². The molecule has 2 rings (SSSR count). The third-order valence-corrected chi connectivity index (χ3v) is 3.86. The summed E-state index contributed by atoms with van der Waals surface area (Å²) in [6, 6.07) is 4.71. The quantitative estimate of drug-likeness (QED) is 0.867. The number of aromatic nitrogens is 1.